The summed E-state index contributed by atoms with van der Waals surface area (Å²) >= 11 is 0. The minimum absolute atomic E-state index is 0.280. The second-order valence-electron chi connectivity index (χ2n) is 5.95. The molecule has 1 aromatic carbocycles. The van der Waals surface area contributed by atoms with Crippen LogP contribution in [-0.2, 0) is 15.8 Å². The van der Waals surface area contributed by atoms with E-state index in [1.807, 2.05) is 12.1 Å². The minimum atomic E-state index is -3.65. The third-order valence-electron chi connectivity index (χ3n) is 4.08. The second kappa shape index (κ2) is 6.32. The maximum Gasteiger partial charge on any atom is 0.238 e. The van der Waals surface area contributed by atoms with E-state index in [2.05, 4.69) is 24.7 Å². The van der Waals surface area contributed by atoms with Crippen molar-refractivity contribution in [3.05, 3.63) is 42.4 Å². The molecule has 1 saturated heterocycles. The van der Waals surface area contributed by atoms with Crippen molar-refractivity contribution in [1.29, 1.82) is 0 Å². The summed E-state index contributed by atoms with van der Waals surface area (Å²) in [6.07, 6.45) is 5.23. The van der Waals surface area contributed by atoms with Crippen LogP contribution in [0.1, 0.15) is 18.5 Å². The van der Waals surface area contributed by atoms with E-state index in [-0.39, 0.29) is 5.75 Å². The summed E-state index contributed by atoms with van der Waals surface area (Å²) < 4.78 is 32.4. The van der Waals surface area contributed by atoms with Crippen molar-refractivity contribution < 1.29 is 12.9 Å². The summed E-state index contributed by atoms with van der Waals surface area (Å²) in [5, 5.41) is 4.54. The van der Waals surface area contributed by atoms with E-state index in [0.717, 1.165) is 25.9 Å². The van der Waals surface area contributed by atoms with E-state index in [4.69, 9.17) is 4.52 Å². The van der Waals surface area contributed by atoms with Gasteiger partial charge in [-0.2, -0.15) is 0 Å². The first-order valence-corrected chi connectivity index (χ1v) is 9.67. The molecule has 0 unspecified atom stereocenters. The van der Waals surface area contributed by atoms with Crippen LogP contribution in [0.2, 0.25) is 0 Å². The molecule has 0 amide bonds. The number of aromatic nitrogens is 3. The van der Waals surface area contributed by atoms with Crippen molar-refractivity contribution in [2.45, 2.75) is 18.6 Å². The molecular weight excluding hydrogens is 342 g/mol. The van der Waals surface area contributed by atoms with Gasteiger partial charge in [-0.05, 0) is 25.0 Å². The topological polar surface area (TPSA) is 101 Å². The second-order valence-corrected chi connectivity index (χ2v) is 7.67. The first-order valence-electron chi connectivity index (χ1n) is 8.01. The number of hydrogen-bond donors (Lipinski definition) is 1. The van der Waals surface area contributed by atoms with Gasteiger partial charge in [-0.15, -0.1) is 0 Å². The molecular formula is C16H17N5O3S. The molecule has 0 bridgehead atoms. The lowest BCUT2D eigenvalue weighted by molar-refractivity contribution is 0.448. The lowest BCUT2D eigenvalue weighted by Gasteiger charge is -2.14. The van der Waals surface area contributed by atoms with Gasteiger partial charge in [0.2, 0.25) is 16.0 Å². The Bertz CT molecular complexity index is 978. The monoisotopic (exact) mass is 359 g/mol. The number of hydrogen-bond acceptors (Lipinski definition) is 7. The Morgan fingerprint density at radius 1 is 1.12 bits per heavy atom. The fourth-order valence-corrected chi connectivity index (χ4v) is 4.00. The zero-order valence-electron chi connectivity index (χ0n) is 13.4. The standard InChI is InChI=1S/C16H17N5O3S/c22-25(23,11-14-13-5-1-2-6-15(13)24-19-14)20-12-9-17-16(18-10-12)21-7-3-4-8-21/h1-2,5-6,9-10,20H,3-4,7-8,11H2. The van der Waals surface area contributed by atoms with E-state index >= 15 is 0 Å². The maximum atomic E-state index is 12.4. The largest absolute Gasteiger partial charge is 0.356 e. The molecule has 1 aliphatic heterocycles. The lowest BCUT2D eigenvalue weighted by Crippen LogP contribution is -2.21. The van der Waals surface area contributed by atoms with Gasteiger partial charge in [-0.3, -0.25) is 4.72 Å². The van der Waals surface area contributed by atoms with Crippen molar-refractivity contribution in [2.75, 3.05) is 22.7 Å². The Kier molecular flexibility index (Phi) is 4.00. The lowest BCUT2D eigenvalue weighted by atomic mass is 10.2. The van der Waals surface area contributed by atoms with Gasteiger partial charge in [0.1, 0.15) is 11.4 Å². The summed E-state index contributed by atoms with van der Waals surface area (Å²) in [7, 11) is -3.65. The molecule has 0 radical (unpaired) electrons. The van der Waals surface area contributed by atoms with Crippen molar-refractivity contribution in [1.82, 2.24) is 15.1 Å². The van der Waals surface area contributed by atoms with Crippen LogP contribution in [0.15, 0.2) is 41.2 Å². The van der Waals surface area contributed by atoms with Crippen LogP contribution < -0.4 is 9.62 Å². The highest BCUT2D eigenvalue weighted by Crippen LogP contribution is 2.21. The number of rotatable bonds is 5. The fraction of sp³-hybridized carbons (Fsp3) is 0.312. The molecule has 2 aromatic heterocycles. The highest BCUT2D eigenvalue weighted by molar-refractivity contribution is 7.91. The SMILES string of the molecule is O=S(=O)(Cc1noc2ccccc12)Nc1cnc(N2CCCC2)nc1. The fourth-order valence-electron chi connectivity index (χ4n) is 2.89. The summed E-state index contributed by atoms with van der Waals surface area (Å²) in [6, 6.07) is 7.15. The van der Waals surface area contributed by atoms with Gasteiger partial charge in [-0.25, -0.2) is 18.4 Å². The van der Waals surface area contributed by atoms with Gasteiger partial charge in [0.25, 0.3) is 0 Å². The van der Waals surface area contributed by atoms with Crippen LogP contribution in [-0.4, -0.2) is 36.6 Å². The normalized spacial score (nSPS) is 15.0. The van der Waals surface area contributed by atoms with Crippen LogP contribution >= 0.6 is 0 Å². The summed E-state index contributed by atoms with van der Waals surface area (Å²) in [5.74, 6) is 0.348. The number of para-hydroxylation sites is 1. The number of nitrogens with one attached hydrogen (secondary N) is 1. The number of benzene rings is 1. The van der Waals surface area contributed by atoms with Gasteiger partial charge >= 0.3 is 0 Å². The Labute approximate surface area is 144 Å². The third-order valence-corrected chi connectivity index (χ3v) is 5.28. The van der Waals surface area contributed by atoms with E-state index in [0.29, 0.717) is 28.3 Å². The van der Waals surface area contributed by atoms with Crippen molar-refractivity contribution >= 4 is 32.6 Å². The van der Waals surface area contributed by atoms with Gasteiger partial charge in [0, 0.05) is 18.5 Å². The van der Waals surface area contributed by atoms with Crippen LogP contribution in [0, 0.1) is 0 Å². The van der Waals surface area contributed by atoms with E-state index in [1.54, 1.807) is 12.1 Å². The molecule has 9 heteroatoms. The molecule has 1 N–H and O–H groups in total. The molecule has 1 aliphatic rings. The van der Waals surface area contributed by atoms with Gasteiger partial charge in [0.05, 0.1) is 18.1 Å². The molecule has 0 saturated carbocycles. The number of nitrogens with zero attached hydrogens (tertiary/aromatic N) is 4. The number of fused-ring (bicyclic) bond motifs is 1. The number of anilines is 2. The third kappa shape index (κ3) is 3.41. The van der Waals surface area contributed by atoms with Crippen LogP contribution in [0.4, 0.5) is 11.6 Å². The highest BCUT2D eigenvalue weighted by atomic mass is 32.2. The van der Waals surface area contributed by atoms with Crippen molar-refractivity contribution in [3.63, 3.8) is 0 Å². The summed E-state index contributed by atoms with van der Waals surface area (Å²) in [6.45, 7) is 1.87. The summed E-state index contributed by atoms with van der Waals surface area (Å²) in [4.78, 5) is 10.6. The van der Waals surface area contributed by atoms with Crippen LogP contribution in [0.5, 0.6) is 0 Å². The molecule has 1 fully saturated rings. The molecule has 0 aliphatic carbocycles. The number of sulfonamides is 1. The predicted octanol–water partition coefficient (Wildman–Crippen LogP) is 2.16. The Balaban J connectivity index is 1.49. The van der Waals surface area contributed by atoms with Gasteiger partial charge < -0.3 is 9.42 Å². The smallest absolute Gasteiger partial charge is 0.238 e. The molecule has 8 nitrogen and oxygen atoms in total. The minimum Gasteiger partial charge on any atom is -0.356 e. The van der Waals surface area contributed by atoms with Crippen LogP contribution in [0.25, 0.3) is 11.0 Å². The molecule has 4 rings (SSSR count). The molecule has 3 heterocycles. The Hall–Kier alpha value is -2.68. The molecule has 3 aromatic rings. The average molecular weight is 359 g/mol. The van der Waals surface area contributed by atoms with E-state index in [1.165, 1.54) is 12.4 Å². The maximum absolute atomic E-state index is 12.4. The molecule has 0 atom stereocenters. The van der Waals surface area contributed by atoms with Gasteiger partial charge in [-0.1, -0.05) is 17.3 Å². The van der Waals surface area contributed by atoms with Crippen molar-refractivity contribution in [2.24, 2.45) is 0 Å². The Morgan fingerprint density at radius 2 is 1.84 bits per heavy atom. The van der Waals surface area contributed by atoms with E-state index in [9.17, 15) is 8.42 Å². The molecule has 25 heavy (non-hydrogen) atoms. The predicted molar refractivity (Wildman–Crippen MR) is 93.7 cm³/mol. The molecule has 0 spiro atoms. The first kappa shape index (κ1) is 15.8. The zero-order valence-corrected chi connectivity index (χ0v) is 14.2. The highest BCUT2D eigenvalue weighted by Gasteiger charge is 2.19. The van der Waals surface area contributed by atoms with E-state index < -0.39 is 10.0 Å². The van der Waals surface area contributed by atoms with Crippen LogP contribution in [0.3, 0.4) is 0 Å². The Morgan fingerprint density at radius 3 is 2.60 bits per heavy atom. The summed E-state index contributed by atoms with van der Waals surface area (Å²) in [5.41, 5.74) is 1.26. The molecule has 130 valence electrons. The van der Waals surface area contributed by atoms with Crippen molar-refractivity contribution in [3.8, 4) is 0 Å². The average Bonchev–Trinajstić information content (AvgIpc) is 3.26. The van der Waals surface area contributed by atoms with Gasteiger partial charge in [0.15, 0.2) is 5.58 Å². The first-order chi connectivity index (χ1) is 12.1. The quantitative estimate of drug-likeness (QED) is 0.745. The zero-order chi connectivity index (χ0) is 17.3.